The van der Waals surface area contributed by atoms with Gasteiger partial charge in [0.15, 0.2) is 0 Å². The Morgan fingerprint density at radius 1 is 1.46 bits per heavy atom. The second-order valence-corrected chi connectivity index (χ2v) is 9.28. The number of nitrogens with zero attached hydrogens (tertiary/aromatic N) is 3. The molecule has 1 rings (SSSR count). The van der Waals surface area contributed by atoms with Crippen molar-refractivity contribution in [1.82, 2.24) is 15.0 Å². The largest absolute Gasteiger partial charge is 0.360 e. The molecule has 0 spiro atoms. The lowest BCUT2D eigenvalue weighted by atomic mass is 10.8. The number of aromatic nitrogens is 3. The quantitative estimate of drug-likeness (QED) is 0.693. The second-order valence-electron chi connectivity index (χ2n) is 4.06. The Labute approximate surface area is 79.9 Å². The SMILES string of the molecule is CCOC(n1ccnn1)[Si](C)(C)C. The molecule has 0 amide bonds. The third kappa shape index (κ3) is 2.63. The van der Waals surface area contributed by atoms with Crippen LogP contribution in [0.2, 0.25) is 19.6 Å². The molecule has 1 aromatic rings. The molecule has 0 saturated carbocycles. The highest BCUT2D eigenvalue weighted by Gasteiger charge is 2.29. The van der Waals surface area contributed by atoms with Gasteiger partial charge in [0.1, 0.15) is 13.9 Å². The molecule has 4 nitrogen and oxygen atoms in total. The van der Waals surface area contributed by atoms with Crippen LogP contribution < -0.4 is 0 Å². The van der Waals surface area contributed by atoms with E-state index in [1.54, 1.807) is 6.20 Å². The van der Waals surface area contributed by atoms with Gasteiger partial charge in [-0.2, -0.15) is 0 Å². The zero-order valence-electron chi connectivity index (χ0n) is 8.69. The van der Waals surface area contributed by atoms with Gasteiger partial charge in [0.2, 0.25) is 0 Å². The minimum absolute atomic E-state index is 0.0972. The summed E-state index contributed by atoms with van der Waals surface area (Å²) >= 11 is 0. The number of hydrogen-bond acceptors (Lipinski definition) is 3. The molecule has 0 fully saturated rings. The van der Waals surface area contributed by atoms with Crippen molar-refractivity contribution in [3.8, 4) is 0 Å². The Balaban J connectivity index is 2.81. The van der Waals surface area contributed by atoms with Gasteiger partial charge in [0.25, 0.3) is 0 Å². The smallest absolute Gasteiger partial charge is 0.136 e. The van der Waals surface area contributed by atoms with Crippen LogP contribution in [0.4, 0.5) is 0 Å². The van der Waals surface area contributed by atoms with E-state index in [9.17, 15) is 0 Å². The first-order valence-corrected chi connectivity index (χ1v) is 8.11. The van der Waals surface area contributed by atoms with Crippen molar-refractivity contribution in [3.05, 3.63) is 12.4 Å². The van der Waals surface area contributed by atoms with Crippen molar-refractivity contribution < 1.29 is 4.74 Å². The maximum atomic E-state index is 5.67. The lowest BCUT2D eigenvalue weighted by Crippen LogP contribution is -2.37. The summed E-state index contributed by atoms with van der Waals surface area (Å²) in [5, 5.41) is 7.77. The van der Waals surface area contributed by atoms with E-state index in [1.165, 1.54) is 0 Å². The van der Waals surface area contributed by atoms with Crippen molar-refractivity contribution in [2.45, 2.75) is 32.4 Å². The first-order chi connectivity index (χ1) is 6.05. The van der Waals surface area contributed by atoms with E-state index in [1.807, 2.05) is 17.8 Å². The molecular weight excluding hydrogens is 182 g/mol. The van der Waals surface area contributed by atoms with Crippen molar-refractivity contribution in [1.29, 1.82) is 0 Å². The van der Waals surface area contributed by atoms with Crippen molar-refractivity contribution in [2.24, 2.45) is 0 Å². The van der Waals surface area contributed by atoms with Crippen LogP contribution in [0.15, 0.2) is 12.4 Å². The summed E-state index contributed by atoms with van der Waals surface area (Å²) < 4.78 is 7.49. The minimum atomic E-state index is -1.37. The summed E-state index contributed by atoms with van der Waals surface area (Å²) in [5.41, 5.74) is 0. The van der Waals surface area contributed by atoms with Gasteiger partial charge in [0, 0.05) is 12.8 Å². The van der Waals surface area contributed by atoms with Crippen LogP contribution in [-0.2, 0) is 4.74 Å². The van der Waals surface area contributed by atoms with Gasteiger partial charge in [-0.3, -0.25) is 0 Å². The number of hydrogen-bond donors (Lipinski definition) is 0. The van der Waals surface area contributed by atoms with E-state index in [4.69, 9.17) is 4.74 Å². The first kappa shape index (κ1) is 10.4. The summed E-state index contributed by atoms with van der Waals surface area (Å²) in [6.07, 6.45) is 3.55. The number of rotatable bonds is 4. The van der Waals surface area contributed by atoms with E-state index in [0.717, 1.165) is 6.61 Å². The summed E-state index contributed by atoms with van der Waals surface area (Å²) in [6, 6.07) is 0. The standard InChI is InChI=1S/C8H17N3OSi/c1-5-12-8(13(2,3)4)11-7-6-9-10-11/h6-8H,5H2,1-4H3. The van der Waals surface area contributed by atoms with Gasteiger partial charge in [-0.05, 0) is 6.92 Å². The number of ether oxygens (including phenoxy) is 1. The van der Waals surface area contributed by atoms with Gasteiger partial charge in [0.05, 0.1) is 6.20 Å². The molecule has 0 N–H and O–H groups in total. The average molecular weight is 199 g/mol. The van der Waals surface area contributed by atoms with E-state index >= 15 is 0 Å². The van der Waals surface area contributed by atoms with Gasteiger partial charge < -0.3 is 4.74 Å². The predicted octanol–water partition coefficient (Wildman–Crippen LogP) is 1.69. The Morgan fingerprint density at radius 2 is 2.15 bits per heavy atom. The molecule has 0 aliphatic carbocycles. The fraction of sp³-hybridized carbons (Fsp3) is 0.750. The molecular formula is C8H17N3OSi. The second kappa shape index (κ2) is 4.02. The summed E-state index contributed by atoms with van der Waals surface area (Å²) in [5.74, 6) is 0.0972. The predicted molar refractivity (Wildman–Crippen MR) is 54.0 cm³/mol. The van der Waals surface area contributed by atoms with E-state index < -0.39 is 8.07 Å². The fourth-order valence-corrected chi connectivity index (χ4v) is 2.82. The third-order valence-electron chi connectivity index (χ3n) is 1.75. The minimum Gasteiger partial charge on any atom is -0.360 e. The summed E-state index contributed by atoms with van der Waals surface area (Å²) in [7, 11) is -1.37. The molecule has 0 radical (unpaired) electrons. The summed E-state index contributed by atoms with van der Waals surface area (Å²) in [6.45, 7) is 9.50. The van der Waals surface area contributed by atoms with E-state index in [0.29, 0.717) is 0 Å². The molecule has 0 aromatic carbocycles. The molecule has 0 saturated heterocycles. The highest BCUT2D eigenvalue weighted by molar-refractivity contribution is 6.76. The van der Waals surface area contributed by atoms with Gasteiger partial charge >= 0.3 is 0 Å². The van der Waals surface area contributed by atoms with Crippen molar-refractivity contribution >= 4 is 8.07 Å². The van der Waals surface area contributed by atoms with E-state index in [2.05, 4.69) is 30.0 Å². The lowest BCUT2D eigenvalue weighted by molar-refractivity contribution is 0.0536. The van der Waals surface area contributed by atoms with Crippen LogP contribution in [0, 0.1) is 0 Å². The van der Waals surface area contributed by atoms with Crippen LogP contribution >= 0.6 is 0 Å². The monoisotopic (exact) mass is 199 g/mol. The Bertz CT molecular complexity index is 242. The molecule has 5 heteroatoms. The molecule has 1 unspecified atom stereocenters. The first-order valence-electron chi connectivity index (χ1n) is 4.53. The molecule has 1 heterocycles. The van der Waals surface area contributed by atoms with Crippen LogP contribution in [0.25, 0.3) is 0 Å². The van der Waals surface area contributed by atoms with Gasteiger partial charge in [-0.15, -0.1) is 5.10 Å². The fourth-order valence-electron chi connectivity index (χ4n) is 1.22. The zero-order valence-corrected chi connectivity index (χ0v) is 9.69. The maximum Gasteiger partial charge on any atom is 0.136 e. The molecule has 1 atom stereocenters. The Hall–Kier alpha value is -0.683. The molecule has 0 aliphatic rings. The highest BCUT2D eigenvalue weighted by atomic mass is 28.3. The molecule has 13 heavy (non-hydrogen) atoms. The molecule has 1 aromatic heterocycles. The van der Waals surface area contributed by atoms with Crippen LogP contribution in [0.5, 0.6) is 0 Å². The van der Waals surface area contributed by atoms with Crippen LogP contribution in [0.1, 0.15) is 12.8 Å². The van der Waals surface area contributed by atoms with Gasteiger partial charge in [-0.1, -0.05) is 24.9 Å². The lowest BCUT2D eigenvalue weighted by Gasteiger charge is -2.28. The van der Waals surface area contributed by atoms with Crippen molar-refractivity contribution in [3.63, 3.8) is 0 Å². The van der Waals surface area contributed by atoms with Crippen LogP contribution in [-0.4, -0.2) is 29.7 Å². The molecule has 74 valence electrons. The van der Waals surface area contributed by atoms with E-state index in [-0.39, 0.29) is 5.85 Å². The van der Waals surface area contributed by atoms with Crippen molar-refractivity contribution in [2.75, 3.05) is 6.61 Å². The molecule has 0 bridgehead atoms. The normalized spacial score (nSPS) is 14.5. The van der Waals surface area contributed by atoms with Crippen LogP contribution in [0.3, 0.4) is 0 Å². The molecule has 0 aliphatic heterocycles. The Kier molecular flexibility index (Phi) is 3.21. The highest BCUT2D eigenvalue weighted by Crippen LogP contribution is 2.20. The summed E-state index contributed by atoms with van der Waals surface area (Å²) in [4.78, 5) is 0. The Morgan fingerprint density at radius 3 is 2.54 bits per heavy atom. The maximum absolute atomic E-state index is 5.67. The van der Waals surface area contributed by atoms with Gasteiger partial charge in [-0.25, -0.2) is 4.68 Å². The third-order valence-corrected chi connectivity index (χ3v) is 3.66. The average Bonchev–Trinajstić information content (AvgIpc) is 2.49. The zero-order chi connectivity index (χ0) is 9.90. The topological polar surface area (TPSA) is 39.9 Å².